The zero-order valence-corrected chi connectivity index (χ0v) is 20.4. The van der Waals surface area contributed by atoms with Gasteiger partial charge in [-0.3, -0.25) is 9.69 Å². The molecule has 0 aliphatic carbocycles. The molecule has 8 heteroatoms. The van der Waals surface area contributed by atoms with Gasteiger partial charge < -0.3 is 9.47 Å². The number of rotatable bonds is 6. The highest BCUT2D eigenvalue weighted by molar-refractivity contribution is 7.89. The van der Waals surface area contributed by atoms with Crippen LogP contribution in [0.25, 0.3) is 0 Å². The molecule has 7 nitrogen and oxygen atoms in total. The summed E-state index contributed by atoms with van der Waals surface area (Å²) in [4.78, 5) is 17.8. The minimum atomic E-state index is -3.46. The minimum Gasteiger partial charge on any atom is -0.312 e. The van der Waals surface area contributed by atoms with Gasteiger partial charge in [-0.1, -0.05) is 24.3 Å². The third-order valence-electron chi connectivity index (χ3n) is 8.62. The molecule has 7 rings (SSSR count). The third kappa shape index (κ3) is 4.26. The number of hydrogen-bond acceptors (Lipinski definition) is 5. The molecule has 4 fully saturated rings. The highest BCUT2D eigenvalue weighted by Gasteiger charge is 2.42. The van der Waals surface area contributed by atoms with Crippen molar-refractivity contribution in [3.63, 3.8) is 0 Å². The summed E-state index contributed by atoms with van der Waals surface area (Å²) in [5.41, 5.74) is 1.36. The van der Waals surface area contributed by atoms with Gasteiger partial charge in [0.1, 0.15) is 0 Å². The average molecular weight is 483 g/mol. The second kappa shape index (κ2) is 8.90. The van der Waals surface area contributed by atoms with Crippen molar-refractivity contribution >= 4 is 10.0 Å². The van der Waals surface area contributed by atoms with Gasteiger partial charge in [0.05, 0.1) is 4.90 Å². The highest BCUT2D eigenvalue weighted by atomic mass is 32.2. The molecule has 182 valence electrons. The molecule has 0 spiro atoms. The van der Waals surface area contributed by atoms with Gasteiger partial charge in [0.25, 0.3) is 5.56 Å². The minimum absolute atomic E-state index is 0.145. The summed E-state index contributed by atoms with van der Waals surface area (Å²) >= 11 is 0. The fraction of sp³-hybridized carbons (Fsp3) is 0.577. The molecule has 1 aromatic carbocycles. The van der Waals surface area contributed by atoms with Gasteiger partial charge in [0, 0.05) is 63.0 Å². The lowest BCUT2D eigenvalue weighted by Crippen LogP contribution is -2.59. The number of piperidine rings is 4. The highest BCUT2D eigenvalue weighted by Crippen LogP contribution is 2.39. The molecule has 0 amide bonds. The molecule has 6 heterocycles. The van der Waals surface area contributed by atoms with E-state index in [2.05, 4.69) is 20.6 Å². The van der Waals surface area contributed by atoms with Gasteiger partial charge >= 0.3 is 0 Å². The summed E-state index contributed by atoms with van der Waals surface area (Å²) in [6.45, 7) is 6.72. The van der Waals surface area contributed by atoms with Crippen LogP contribution < -0.4 is 10.3 Å². The number of aromatic nitrogens is 1. The van der Waals surface area contributed by atoms with Crippen LogP contribution in [0.15, 0.2) is 58.2 Å². The Labute approximate surface area is 201 Å². The smallest absolute Gasteiger partial charge is 0.250 e. The first-order valence-corrected chi connectivity index (χ1v) is 14.2. The molecule has 4 saturated heterocycles. The molecular weight excluding hydrogens is 448 g/mol. The van der Waals surface area contributed by atoms with Crippen LogP contribution in [0.3, 0.4) is 0 Å². The average Bonchev–Trinajstić information content (AvgIpc) is 2.85. The Bertz CT molecular complexity index is 1200. The number of nitrogens with zero attached hydrogens (tertiary/aromatic N) is 3. The normalized spacial score (nSPS) is 32.9. The number of nitrogens with one attached hydrogen (secondary N) is 1. The van der Waals surface area contributed by atoms with Crippen molar-refractivity contribution in [2.75, 3.05) is 39.3 Å². The van der Waals surface area contributed by atoms with Crippen LogP contribution in [0.4, 0.5) is 0 Å². The van der Waals surface area contributed by atoms with Crippen LogP contribution in [0.5, 0.6) is 0 Å². The van der Waals surface area contributed by atoms with Gasteiger partial charge in [-0.2, -0.15) is 0 Å². The van der Waals surface area contributed by atoms with Crippen molar-refractivity contribution in [1.82, 2.24) is 19.1 Å². The summed E-state index contributed by atoms with van der Waals surface area (Å²) in [5.74, 6) is 2.33. The van der Waals surface area contributed by atoms with Crippen LogP contribution in [-0.4, -0.2) is 68.1 Å². The second-order valence-electron chi connectivity index (χ2n) is 10.8. The monoisotopic (exact) mass is 482 g/mol. The Hall–Kier alpha value is -2.00. The van der Waals surface area contributed by atoms with Crippen LogP contribution in [0.1, 0.15) is 30.9 Å². The van der Waals surface area contributed by atoms with E-state index in [4.69, 9.17) is 0 Å². The van der Waals surface area contributed by atoms with Crippen molar-refractivity contribution < 1.29 is 8.42 Å². The molecule has 1 N–H and O–H groups in total. The maximum atomic E-state index is 12.7. The molecule has 0 radical (unpaired) electrons. The Morgan fingerprint density at radius 1 is 0.941 bits per heavy atom. The molecule has 6 atom stereocenters. The van der Waals surface area contributed by atoms with E-state index >= 15 is 0 Å². The molecule has 1 unspecified atom stereocenters. The van der Waals surface area contributed by atoms with E-state index in [1.807, 2.05) is 16.7 Å². The molecule has 34 heavy (non-hydrogen) atoms. The van der Waals surface area contributed by atoms with Gasteiger partial charge in [0.15, 0.2) is 0 Å². The van der Waals surface area contributed by atoms with Crippen LogP contribution in [0.2, 0.25) is 0 Å². The summed E-state index contributed by atoms with van der Waals surface area (Å²) in [7, 11) is -3.46. The molecule has 5 aliphatic rings. The predicted molar refractivity (Wildman–Crippen MR) is 131 cm³/mol. The van der Waals surface area contributed by atoms with Crippen molar-refractivity contribution in [2.24, 2.45) is 17.8 Å². The van der Waals surface area contributed by atoms with Gasteiger partial charge in [0.2, 0.25) is 10.0 Å². The Morgan fingerprint density at radius 3 is 2.59 bits per heavy atom. The Balaban J connectivity index is 1.07. The van der Waals surface area contributed by atoms with Crippen molar-refractivity contribution in [2.45, 2.75) is 42.7 Å². The van der Waals surface area contributed by atoms with E-state index in [9.17, 15) is 13.2 Å². The maximum Gasteiger partial charge on any atom is 0.250 e. The molecular formula is C26H34N4O3S. The Kier molecular flexibility index (Phi) is 5.88. The number of fused-ring (bicyclic) bond motifs is 7. The van der Waals surface area contributed by atoms with Crippen molar-refractivity contribution in [3.8, 4) is 0 Å². The number of likely N-dealkylation sites (tertiary alicyclic amines) is 1. The number of benzene rings is 1. The van der Waals surface area contributed by atoms with Gasteiger partial charge in [-0.25, -0.2) is 13.1 Å². The second-order valence-corrected chi connectivity index (χ2v) is 12.5. The van der Waals surface area contributed by atoms with Crippen LogP contribution in [0, 0.1) is 17.8 Å². The summed E-state index contributed by atoms with van der Waals surface area (Å²) in [6, 6.07) is 14.7. The lowest BCUT2D eigenvalue weighted by Gasteiger charge is -2.52. The molecule has 0 saturated carbocycles. The van der Waals surface area contributed by atoms with Crippen molar-refractivity contribution in [3.05, 3.63) is 64.6 Å². The lowest BCUT2D eigenvalue weighted by molar-refractivity contribution is -0.0187. The van der Waals surface area contributed by atoms with E-state index in [0.717, 1.165) is 45.7 Å². The quantitative estimate of drug-likeness (QED) is 0.681. The number of hydrogen-bond donors (Lipinski definition) is 1. The third-order valence-corrected chi connectivity index (χ3v) is 10.1. The molecule has 1 aromatic heterocycles. The fourth-order valence-corrected chi connectivity index (χ4v) is 8.13. The van der Waals surface area contributed by atoms with E-state index in [0.29, 0.717) is 35.1 Å². The zero-order valence-electron chi connectivity index (χ0n) is 19.6. The number of sulfonamides is 1. The maximum absolute atomic E-state index is 12.7. The first kappa shape index (κ1) is 22.5. The summed E-state index contributed by atoms with van der Waals surface area (Å²) in [6.07, 6.45) is 3.48. The largest absolute Gasteiger partial charge is 0.312 e. The first-order chi connectivity index (χ1) is 16.5. The summed E-state index contributed by atoms with van der Waals surface area (Å²) in [5, 5.41) is 0. The standard InChI is InChI=1S/C26H34N4O3S/c31-26-8-4-7-25-21-11-19(15-30(25)26)14-28(16-21)17-22-18-29-10-9-20(22)12-23(29)13-27-34(32,33)24-5-2-1-3-6-24/h1-8,19-23,27H,9-18H2/t19-,20-,21+,22-,23+/m0/s1. The molecule has 4 bridgehead atoms. The van der Waals surface area contributed by atoms with Crippen LogP contribution >= 0.6 is 0 Å². The topological polar surface area (TPSA) is 74.7 Å². The Morgan fingerprint density at radius 2 is 1.79 bits per heavy atom. The van der Waals surface area contributed by atoms with E-state index in [1.165, 1.54) is 18.5 Å². The molecule has 5 aliphatic heterocycles. The SMILES string of the molecule is O=c1cccc2n1C[C@H]1C[C@@H]2CN(C[C@H]2CN3CC[C@H]2C[C@@H]3CNS(=O)(=O)c2ccccc2)C1. The van der Waals surface area contributed by atoms with E-state index in [-0.39, 0.29) is 11.6 Å². The fourth-order valence-electron chi connectivity index (χ4n) is 7.03. The van der Waals surface area contributed by atoms with Gasteiger partial charge in [-0.05, 0) is 61.8 Å². The van der Waals surface area contributed by atoms with Crippen molar-refractivity contribution in [1.29, 1.82) is 0 Å². The lowest BCUT2D eigenvalue weighted by atomic mass is 9.74. The molecule has 2 aromatic rings. The number of pyridine rings is 1. The van der Waals surface area contributed by atoms with E-state index < -0.39 is 10.0 Å². The van der Waals surface area contributed by atoms with E-state index in [1.54, 1.807) is 30.3 Å². The van der Waals surface area contributed by atoms with Crippen LogP contribution in [-0.2, 0) is 16.6 Å². The predicted octanol–water partition coefficient (Wildman–Crippen LogP) is 1.96. The van der Waals surface area contributed by atoms with Gasteiger partial charge in [-0.15, -0.1) is 0 Å². The zero-order chi connectivity index (χ0) is 23.3. The summed E-state index contributed by atoms with van der Waals surface area (Å²) < 4.78 is 30.2. The first-order valence-electron chi connectivity index (χ1n) is 12.7.